The van der Waals surface area contributed by atoms with E-state index in [4.69, 9.17) is 23.2 Å². The average Bonchev–Trinajstić information content (AvgIpc) is 2.79. The number of carbonyl (C=O) groups excluding carboxylic acids is 2. The van der Waals surface area contributed by atoms with Gasteiger partial charge >= 0.3 is 0 Å². The summed E-state index contributed by atoms with van der Waals surface area (Å²) >= 11 is 11.6. The van der Waals surface area contributed by atoms with Crippen molar-refractivity contribution in [3.8, 4) is 0 Å². The molecule has 2 amide bonds. The SMILES string of the molecule is O=C(CC1CC(=O)NN1)N/N=C/c1ccc(Cl)c(Cl)c1. The van der Waals surface area contributed by atoms with Crippen LogP contribution >= 0.6 is 23.2 Å². The number of hydrazone groups is 1. The molecule has 20 heavy (non-hydrogen) atoms. The van der Waals surface area contributed by atoms with Gasteiger partial charge in [-0.15, -0.1) is 0 Å². The standard InChI is InChI=1S/C12H12Cl2N4O2/c13-9-2-1-7(3-10(9)14)6-15-17-11(19)4-8-5-12(20)18-16-8/h1-3,6,8,16H,4-5H2,(H,17,19)(H,18,20)/b15-6+. The summed E-state index contributed by atoms with van der Waals surface area (Å²) in [5.74, 6) is -0.405. The Morgan fingerprint density at radius 2 is 2.25 bits per heavy atom. The van der Waals surface area contributed by atoms with Crippen LogP contribution in [0.5, 0.6) is 0 Å². The smallest absolute Gasteiger partial charge is 0.241 e. The van der Waals surface area contributed by atoms with Crippen molar-refractivity contribution in [2.45, 2.75) is 18.9 Å². The summed E-state index contributed by atoms with van der Waals surface area (Å²) in [6.07, 6.45) is 1.91. The van der Waals surface area contributed by atoms with Gasteiger partial charge in [-0.1, -0.05) is 29.3 Å². The van der Waals surface area contributed by atoms with Gasteiger partial charge in [-0.05, 0) is 17.7 Å². The molecule has 1 atom stereocenters. The second-order valence-electron chi connectivity index (χ2n) is 4.26. The van der Waals surface area contributed by atoms with Crippen LogP contribution in [0.15, 0.2) is 23.3 Å². The molecule has 1 saturated heterocycles. The van der Waals surface area contributed by atoms with Crippen LogP contribution in [0.1, 0.15) is 18.4 Å². The summed E-state index contributed by atoms with van der Waals surface area (Å²) in [6.45, 7) is 0. The van der Waals surface area contributed by atoms with E-state index in [9.17, 15) is 9.59 Å². The second-order valence-corrected chi connectivity index (χ2v) is 5.08. The summed E-state index contributed by atoms with van der Waals surface area (Å²) in [4.78, 5) is 22.5. The molecule has 0 spiro atoms. The van der Waals surface area contributed by atoms with Crippen molar-refractivity contribution in [2.75, 3.05) is 0 Å². The highest BCUT2D eigenvalue weighted by Crippen LogP contribution is 2.21. The van der Waals surface area contributed by atoms with Gasteiger partial charge in [0.2, 0.25) is 11.8 Å². The van der Waals surface area contributed by atoms with Crippen LogP contribution in [0, 0.1) is 0 Å². The molecule has 0 radical (unpaired) electrons. The number of nitrogens with zero attached hydrogens (tertiary/aromatic N) is 1. The number of hydrogen-bond acceptors (Lipinski definition) is 4. The van der Waals surface area contributed by atoms with Crippen LogP contribution in [0.4, 0.5) is 0 Å². The maximum atomic E-state index is 11.6. The molecule has 1 unspecified atom stereocenters. The topological polar surface area (TPSA) is 82.6 Å². The van der Waals surface area contributed by atoms with E-state index in [0.717, 1.165) is 5.56 Å². The maximum Gasteiger partial charge on any atom is 0.241 e. The fraction of sp³-hybridized carbons (Fsp3) is 0.250. The number of rotatable bonds is 4. The zero-order chi connectivity index (χ0) is 14.5. The minimum Gasteiger partial charge on any atom is -0.291 e. The van der Waals surface area contributed by atoms with E-state index in [1.165, 1.54) is 6.21 Å². The van der Waals surface area contributed by atoms with E-state index < -0.39 is 0 Å². The van der Waals surface area contributed by atoms with Gasteiger partial charge in [0.15, 0.2) is 0 Å². The molecule has 1 heterocycles. The molecule has 1 aliphatic rings. The lowest BCUT2D eigenvalue weighted by Crippen LogP contribution is -2.34. The molecule has 1 fully saturated rings. The molecule has 0 aromatic heterocycles. The van der Waals surface area contributed by atoms with Gasteiger partial charge in [0.1, 0.15) is 0 Å². The highest BCUT2D eigenvalue weighted by molar-refractivity contribution is 6.42. The van der Waals surface area contributed by atoms with E-state index in [1.54, 1.807) is 18.2 Å². The summed E-state index contributed by atoms with van der Waals surface area (Å²) in [5.41, 5.74) is 8.25. The monoisotopic (exact) mass is 314 g/mol. The van der Waals surface area contributed by atoms with Crippen LogP contribution in [-0.4, -0.2) is 24.1 Å². The molecule has 0 aliphatic carbocycles. The van der Waals surface area contributed by atoms with E-state index in [1.807, 2.05) is 0 Å². The summed E-state index contributed by atoms with van der Waals surface area (Å²) in [7, 11) is 0. The third-order valence-corrected chi connectivity index (χ3v) is 3.36. The number of hydrazine groups is 1. The number of amides is 2. The van der Waals surface area contributed by atoms with E-state index in [2.05, 4.69) is 21.4 Å². The lowest BCUT2D eigenvalue weighted by molar-refractivity contribution is -0.121. The lowest BCUT2D eigenvalue weighted by Gasteiger charge is -2.05. The number of hydrogen-bond donors (Lipinski definition) is 3. The van der Waals surface area contributed by atoms with Gasteiger partial charge in [0.05, 0.1) is 16.3 Å². The van der Waals surface area contributed by atoms with E-state index in [-0.39, 0.29) is 30.7 Å². The van der Waals surface area contributed by atoms with Gasteiger partial charge in [-0.3, -0.25) is 15.0 Å². The highest BCUT2D eigenvalue weighted by Gasteiger charge is 2.23. The number of halogens is 2. The van der Waals surface area contributed by atoms with Gasteiger partial charge in [0.25, 0.3) is 0 Å². The Balaban J connectivity index is 1.81. The van der Waals surface area contributed by atoms with Crippen molar-refractivity contribution in [1.29, 1.82) is 0 Å². The van der Waals surface area contributed by atoms with Crippen molar-refractivity contribution < 1.29 is 9.59 Å². The molecule has 3 N–H and O–H groups in total. The Bertz CT molecular complexity index is 562. The van der Waals surface area contributed by atoms with Crippen LogP contribution in [0.25, 0.3) is 0 Å². The van der Waals surface area contributed by atoms with Gasteiger partial charge in [-0.2, -0.15) is 5.10 Å². The minimum atomic E-state index is -0.282. The largest absolute Gasteiger partial charge is 0.291 e. The fourth-order valence-corrected chi connectivity index (χ4v) is 1.98. The zero-order valence-corrected chi connectivity index (χ0v) is 11.8. The summed E-state index contributed by atoms with van der Waals surface area (Å²) in [5, 5.41) is 4.69. The molecule has 6 nitrogen and oxygen atoms in total. The number of benzene rings is 1. The van der Waals surface area contributed by atoms with Crippen molar-refractivity contribution >= 4 is 41.2 Å². The second kappa shape index (κ2) is 6.69. The molecule has 1 aromatic carbocycles. The average molecular weight is 315 g/mol. The van der Waals surface area contributed by atoms with Gasteiger partial charge < -0.3 is 0 Å². The Kier molecular flexibility index (Phi) is 4.94. The Morgan fingerprint density at radius 3 is 2.90 bits per heavy atom. The van der Waals surface area contributed by atoms with Gasteiger partial charge in [0, 0.05) is 18.9 Å². The maximum absolute atomic E-state index is 11.6. The molecular formula is C12H12Cl2N4O2. The number of carbonyl (C=O) groups is 2. The van der Waals surface area contributed by atoms with Crippen LogP contribution in [0.3, 0.4) is 0 Å². The van der Waals surface area contributed by atoms with Crippen LogP contribution in [0.2, 0.25) is 10.0 Å². The van der Waals surface area contributed by atoms with Gasteiger partial charge in [-0.25, -0.2) is 10.9 Å². The minimum absolute atomic E-state index is 0.123. The third kappa shape index (κ3) is 4.19. The molecule has 2 rings (SSSR count). The quantitative estimate of drug-likeness (QED) is 0.577. The first-order chi connectivity index (χ1) is 9.54. The first kappa shape index (κ1) is 14.8. The van der Waals surface area contributed by atoms with Crippen molar-refractivity contribution in [1.82, 2.24) is 16.3 Å². The molecule has 106 valence electrons. The normalized spacial score (nSPS) is 18.3. The van der Waals surface area contributed by atoms with Crippen LogP contribution < -0.4 is 16.3 Å². The third-order valence-electron chi connectivity index (χ3n) is 2.63. The molecular weight excluding hydrogens is 303 g/mol. The van der Waals surface area contributed by atoms with Crippen molar-refractivity contribution in [3.63, 3.8) is 0 Å². The fourth-order valence-electron chi connectivity index (χ4n) is 1.67. The molecule has 1 aromatic rings. The van der Waals surface area contributed by atoms with Crippen LogP contribution in [-0.2, 0) is 9.59 Å². The van der Waals surface area contributed by atoms with E-state index in [0.29, 0.717) is 10.0 Å². The molecule has 8 heteroatoms. The van der Waals surface area contributed by atoms with E-state index >= 15 is 0 Å². The van der Waals surface area contributed by atoms with Crippen molar-refractivity contribution in [2.24, 2.45) is 5.10 Å². The molecule has 1 aliphatic heterocycles. The predicted molar refractivity (Wildman–Crippen MR) is 76.5 cm³/mol. The first-order valence-corrected chi connectivity index (χ1v) is 6.61. The molecule has 0 bridgehead atoms. The van der Waals surface area contributed by atoms with Crippen molar-refractivity contribution in [3.05, 3.63) is 33.8 Å². The summed E-state index contributed by atoms with van der Waals surface area (Å²) < 4.78 is 0. The lowest BCUT2D eigenvalue weighted by atomic mass is 10.1. The Morgan fingerprint density at radius 1 is 1.45 bits per heavy atom. The zero-order valence-electron chi connectivity index (χ0n) is 10.3. The summed E-state index contributed by atoms with van der Waals surface area (Å²) in [6, 6.07) is 4.81. The molecule has 0 saturated carbocycles. The Labute approximate surface area is 125 Å². The highest BCUT2D eigenvalue weighted by atomic mass is 35.5. The number of nitrogens with one attached hydrogen (secondary N) is 3. The Hall–Kier alpha value is -1.63. The predicted octanol–water partition coefficient (Wildman–Crippen LogP) is 1.23. The first-order valence-electron chi connectivity index (χ1n) is 5.86.